The van der Waals surface area contributed by atoms with Crippen molar-refractivity contribution in [3.63, 3.8) is 0 Å². The Hall–Kier alpha value is -2.93. The van der Waals surface area contributed by atoms with E-state index in [0.717, 1.165) is 23.0 Å². The van der Waals surface area contributed by atoms with E-state index in [1.54, 1.807) is 36.8 Å². The molecule has 0 fully saturated rings. The van der Waals surface area contributed by atoms with E-state index >= 15 is 0 Å². The molecule has 4 rings (SSSR count). The van der Waals surface area contributed by atoms with Crippen LogP contribution in [0.4, 0.5) is 11.4 Å². The molecule has 0 bridgehead atoms. The van der Waals surface area contributed by atoms with E-state index in [0.29, 0.717) is 30.8 Å². The number of nitrogens with one attached hydrogen (secondary N) is 1. The number of imidazole rings is 1. The highest BCUT2D eigenvalue weighted by atomic mass is 79.9. The molecule has 1 aliphatic heterocycles. The van der Waals surface area contributed by atoms with Gasteiger partial charge in [-0.05, 0) is 54.8 Å². The van der Waals surface area contributed by atoms with Gasteiger partial charge in [-0.2, -0.15) is 0 Å². The van der Waals surface area contributed by atoms with Gasteiger partial charge in [-0.25, -0.2) is 4.98 Å². The van der Waals surface area contributed by atoms with Gasteiger partial charge in [0, 0.05) is 53.3 Å². The maximum absolute atomic E-state index is 13.2. The number of aromatic nitrogens is 2. The number of carbonyl (C=O) groups excluding carboxylic acids is 2. The molecule has 0 saturated carbocycles. The van der Waals surface area contributed by atoms with Crippen molar-refractivity contribution in [1.82, 2.24) is 9.55 Å². The standard InChI is InChI=1S/C22H21BrN4O2/c23-18-6-7-20-16(13-18)4-2-10-27(20)22(29)17-3-1-5-19(14-17)25-21(28)8-11-26-12-9-24-15-26/h1,3,5-7,9,12-15H,2,4,8,10-11H2,(H,25,28). The number of nitrogens with zero attached hydrogens (tertiary/aromatic N) is 3. The third kappa shape index (κ3) is 4.56. The first-order chi connectivity index (χ1) is 14.1. The highest BCUT2D eigenvalue weighted by Gasteiger charge is 2.24. The van der Waals surface area contributed by atoms with Crippen LogP contribution >= 0.6 is 15.9 Å². The Morgan fingerprint density at radius 2 is 2.07 bits per heavy atom. The second-order valence-electron chi connectivity index (χ2n) is 7.01. The third-order valence-corrected chi connectivity index (χ3v) is 5.45. The predicted molar refractivity (Wildman–Crippen MR) is 116 cm³/mol. The van der Waals surface area contributed by atoms with E-state index in [2.05, 4.69) is 32.3 Å². The Morgan fingerprint density at radius 1 is 1.17 bits per heavy atom. The Balaban J connectivity index is 1.46. The van der Waals surface area contributed by atoms with Crippen molar-refractivity contribution in [1.29, 1.82) is 0 Å². The van der Waals surface area contributed by atoms with Crippen molar-refractivity contribution in [2.75, 3.05) is 16.8 Å². The lowest BCUT2D eigenvalue weighted by atomic mass is 10.0. The molecule has 148 valence electrons. The first kappa shape index (κ1) is 19.4. The van der Waals surface area contributed by atoms with Crippen LogP contribution in [0.5, 0.6) is 0 Å². The van der Waals surface area contributed by atoms with Crippen molar-refractivity contribution in [2.45, 2.75) is 25.8 Å². The Labute approximate surface area is 177 Å². The lowest BCUT2D eigenvalue weighted by Crippen LogP contribution is -2.35. The van der Waals surface area contributed by atoms with Crippen molar-refractivity contribution in [3.05, 3.63) is 76.8 Å². The van der Waals surface area contributed by atoms with Gasteiger partial charge in [-0.3, -0.25) is 9.59 Å². The van der Waals surface area contributed by atoms with E-state index in [9.17, 15) is 9.59 Å². The lowest BCUT2D eigenvalue weighted by molar-refractivity contribution is -0.116. The molecule has 1 N–H and O–H groups in total. The Kier molecular flexibility index (Phi) is 5.76. The summed E-state index contributed by atoms with van der Waals surface area (Å²) >= 11 is 3.50. The molecule has 1 aromatic heterocycles. The normalized spacial score (nSPS) is 13.1. The SMILES string of the molecule is O=C(CCn1ccnc1)Nc1cccc(C(=O)N2CCCc3cc(Br)ccc32)c1. The molecule has 0 radical (unpaired) electrons. The van der Waals surface area contributed by atoms with Crippen LogP contribution in [0.1, 0.15) is 28.8 Å². The fourth-order valence-corrected chi connectivity index (χ4v) is 3.94. The number of carbonyl (C=O) groups is 2. The Bertz CT molecular complexity index is 1030. The number of halogens is 1. The van der Waals surface area contributed by atoms with Crippen LogP contribution in [0.25, 0.3) is 0 Å². The molecule has 0 saturated heterocycles. The van der Waals surface area contributed by atoms with Gasteiger partial charge in [-0.15, -0.1) is 0 Å². The number of rotatable bonds is 5. The molecule has 0 aliphatic carbocycles. The molecule has 2 amide bonds. The summed E-state index contributed by atoms with van der Waals surface area (Å²) in [5.74, 6) is -0.153. The van der Waals surface area contributed by atoms with Crippen molar-refractivity contribution in [3.8, 4) is 0 Å². The topological polar surface area (TPSA) is 67.2 Å². The van der Waals surface area contributed by atoms with Crippen LogP contribution in [0.15, 0.2) is 65.7 Å². The number of hydrogen-bond acceptors (Lipinski definition) is 3. The fourth-order valence-electron chi connectivity index (χ4n) is 3.54. The first-order valence-electron chi connectivity index (χ1n) is 9.56. The van der Waals surface area contributed by atoms with Crippen molar-refractivity contribution < 1.29 is 9.59 Å². The lowest BCUT2D eigenvalue weighted by Gasteiger charge is -2.30. The minimum atomic E-state index is -0.100. The number of aryl methyl sites for hydroxylation is 2. The maximum atomic E-state index is 13.2. The molecule has 0 unspecified atom stereocenters. The first-order valence-corrected chi connectivity index (χ1v) is 10.4. The number of benzene rings is 2. The summed E-state index contributed by atoms with van der Waals surface area (Å²) in [6.45, 7) is 1.25. The number of anilines is 2. The zero-order valence-electron chi connectivity index (χ0n) is 15.8. The van der Waals surface area contributed by atoms with Crippen LogP contribution < -0.4 is 10.2 Å². The van der Waals surface area contributed by atoms with Crippen LogP contribution in [-0.2, 0) is 17.8 Å². The summed E-state index contributed by atoms with van der Waals surface area (Å²) in [5.41, 5.74) is 3.31. The largest absolute Gasteiger partial charge is 0.337 e. The smallest absolute Gasteiger partial charge is 0.258 e. The highest BCUT2D eigenvalue weighted by Crippen LogP contribution is 2.31. The minimum absolute atomic E-state index is 0.0530. The molecule has 2 heterocycles. The molecular weight excluding hydrogens is 432 g/mol. The van der Waals surface area contributed by atoms with Crippen molar-refractivity contribution in [2.24, 2.45) is 0 Å². The average Bonchev–Trinajstić information content (AvgIpc) is 3.25. The van der Waals surface area contributed by atoms with Gasteiger partial charge in [0.1, 0.15) is 0 Å². The zero-order valence-corrected chi connectivity index (χ0v) is 17.4. The molecule has 7 heteroatoms. The second-order valence-corrected chi connectivity index (χ2v) is 7.93. The van der Waals surface area contributed by atoms with Crippen LogP contribution in [0.3, 0.4) is 0 Å². The predicted octanol–water partition coefficient (Wildman–Crippen LogP) is 4.27. The average molecular weight is 453 g/mol. The van der Waals surface area contributed by atoms with Gasteiger partial charge in [-0.1, -0.05) is 22.0 Å². The molecule has 6 nitrogen and oxygen atoms in total. The Morgan fingerprint density at radius 3 is 2.90 bits per heavy atom. The van der Waals surface area contributed by atoms with Crippen LogP contribution in [0.2, 0.25) is 0 Å². The van der Waals surface area contributed by atoms with Gasteiger partial charge in [0.2, 0.25) is 5.91 Å². The molecule has 1 aliphatic rings. The number of fused-ring (bicyclic) bond motifs is 1. The quantitative estimate of drug-likeness (QED) is 0.628. The van der Waals surface area contributed by atoms with E-state index in [1.165, 1.54) is 5.56 Å². The van der Waals surface area contributed by atoms with E-state index in [4.69, 9.17) is 0 Å². The summed E-state index contributed by atoms with van der Waals surface area (Å²) in [6.07, 6.45) is 7.42. The number of hydrogen-bond donors (Lipinski definition) is 1. The molecule has 0 atom stereocenters. The van der Waals surface area contributed by atoms with E-state index in [1.807, 2.05) is 27.8 Å². The van der Waals surface area contributed by atoms with Crippen LogP contribution in [-0.4, -0.2) is 27.9 Å². The van der Waals surface area contributed by atoms with Gasteiger partial charge in [0.15, 0.2) is 0 Å². The van der Waals surface area contributed by atoms with Gasteiger partial charge in [0.25, 0.3) is 5.91 Å². The van der Waals surface area contributed by atoms with Gasteiger partial charge < -0.3 is 14.8 Å². The molecule has 0 spiro atoms. The fraction of sp³-hybridized carbons (Fsp3) is 0.227. The maximum Gasteiger partial charge on any atom is 0.258 e. The molecule has 2 aromatic carbocycles. The van der Waals surface area contributed by atoms with Gasteiger partial charge >= 0.3 is 0 Å². The summed E-state index contributed by atoms with van der Waals surface area (Å²) in [5, 5.41) is 2.88. The summed E-state index contributed by atoms with van der Waals surface area (Å²) in [7, 11) is 0. The minimum Gasteiger partial charge on any atom is -0.337 e. The molecule has 3 aromatic rings. The van der Waals surface area contributed by atoms with Crippen LogP contribution in [0, 0.1) is 0 Å². The number of amides is 2. The van der Waals surface area contributed by atoms with E-state index in [-0.39, 0.29) is 11.8 Å². The van der Waals surface area contributed by atoms with Crippen molar-refractivity contribution >= 4 is 39.1 Å². The third-order valence-electron chi connectivity index (χ3n) is 4.95. The molecular formula is C22H21BrN4O2. The summed E-state index contributed by atoms with van der Waals surface area (Å²) in [6, 6.07) is 13.1. The second kappa shape index (κ2) is 8.61. The summed E-state index contributed by atoms with van der Waals surface area (Å²) in [4.78, 5) is 31.2. The van der Waals surface area contributed by atoms with E-state index < -0.39 is 0 Å². The zero-order chi connectivity index (χ0) is 20.2. The summed E-state index contributed by atoms with van der Waals surface area (Å²) < 4.78 is 2.87. The highest BCUT2D eigenvalue weighted by molar-refractivity contribution is 9.10. The monoisotopic (exact) mass is 452 g/mol. The van der Waals surface area contributed by atoms with Gasteiger partial charge in [0.05, 0.1) is 6.33 Å². The molecule has 29 heavy (non-hydrogen) atoms.